The Morgan fingerprint density at radius 2 is 1.89 bits per heavy atom. The SMILES string of the molecule is O=C(Cc1cc(Br)ccc1F)c1cc(Cl)ccc1Br. The number of halogens is 4. The summed E-state index contributed by atoms with van der Waals surface area (Å²) < 4.78 is 15.0. The van der Waals surface area contributed by atoms with E-state index in [1.54, 1.807) is 30.3 Å². The van der Waals surface area contributed by atoms with Crippen LogP contribution in [0.25, 0.3) is 0 Å². The summed E-state index contributed by atoms with van der Waals surface area (Å²) in [5.74, 6) is -0.582. The van der Waals surface area contributed by atoms with E-state index in [4.69, 9.17) is 11.6 Å². The van der Waals surface area contributed by atoms with Crippen LogP contribution in [0.3, 0.4) is 0 Å². The zero-order chi connectivity index (χ0) is 14.0. The van der Waals surface area contributed by atoms with Crippen LogP contribution in [-0.2, 0) is 6.42 Å². The van der Waals surface area contributed by atoms with Crippen LogP contribution in [0.2, 0.25) is 5.02 Å². The monoisotopic (exact) mass is 404 g/mol. The first-order valence-electron chi connectivity index (χ1n) is 5.39. The van der Waals surface area contributed by atoms with Crippen molar-refractivity contribution in [3.8, 4) is 0 Å². The normalized spacial score (nSPS) is 10.5. The number of rotatable bonds is 3. The number of benzene rings is 2. The molecule has 0 fully saturated rings. The average molecular weight is 406 g/mol. The van der Waals surface area contributed by atoms with E-state index in [-0.39, 0.29) is 12.2 Å². The zero-order valence-electron chi connectivity index (χ0n) is 9.59. The first-order chi connectivity index (χ1) is 8.97. The van der Waals surface area contributed by atoms with Gasteiger partial charge in [0.1, 0.15) is 5.82 Å². The van der Waals surface area contributed by atoms with E-state index in [2.05, 4.69) is 31.9 Å². The van der Waals surface area contributed by atoms with Crippen molar-refractivity contribution in [3.63, 3.8) is 0 Å². The molecule has 0 saturated heterocycles. The van der Waals surface area contributed by atoms with Gasteiger partial charge in [0.2, 0.25) is 0 Å². The lowest BCUT2D eigenvalue weighted by atomic mass is 10.0. The van der Waals surface area contributed by atoms with Crippen LogP contribution in [0.4, 0.5) is 4.39 Å². The van der Waals surface area contributed by atoms with Crippen molar-refractivity contribution in [2.75, 3.05) is 0 Å². The molecule has 2 rings (SSSR count). The molecule has 0 heterocycles. The zero-order valence-corrected chi connectivity index (χ0v) is 13.5. The summed E-state index contributed by atoms with van der Waals surface area (Å²) in [7, 11) is 0. The third-order valence-electron chi connectivity index (χ3n) is 2.59. The maximum absolute atomic E-state index is 13.6. The highest BCUT2D eigenvalue weighted by Gasteiger charge is 2.14. The van der Waals surface area contributed by atoms with Gasteiger partial charge in [-0.3, -0.25) is 4.79 Å². The fourth-order valence-corrected chi connectivity index (χ4v) is 2.71. The second-order valence-corrected chi connectivity index (χ2v) is 6.17. The molecule has 19 heavy (non-hydrogen) atoms. The van der Waals surface area contributed by atoms with Crippen molar-refractivity contribution < 1.29 is 9.18 Å². The molecule has 0 aliphatic carbocycles. The van der Waals surface area contributed by atoms with Gasteiger partial charge in [-0.05, 0) is 42.0 Å². The molecule has 0 saturated carbocycles. The third kappa shape index (κ3) is 3.65. The fraction of sp³-hybridized carbons (Fsp3) is 0.0714. The molecule has 0 radical (unpaired) electrons. The van der Waals surface area contributed by atoms with Gasteiger partial charge in [0.25, 0.3) is 0 Å². The molecule has 0 unspecified atom stereocenters. The van der Waals surface area contributed by atoms with E-state index in [9.17, 15) is 9.18 Å². The van der Waals surface area contributed by atoms with Gasteiger partial charge in [-0.15, -0.1) is 0 Å². The minimum atomic E-state index is -0.394. The van der Waals surface area contributed by atoms with Crippen LogP contribution in [-0.4, -0.2) is 5.78 Å². The van der Waals surface area contributed by atoms with Crippen LogP contribution in [0.15, 0.2) is 45.3 Å². The Morgan fingerprint density at radius 3 is 2.63 bits per heavy atom. The molecule has 0 N–H and O–H groups in total. The van der Waals surface area contributed by atoms with Gasteiger partial charge in [-0.1, -0.05) is 43.5 Å². The van der Waals surface area contributed by atoms with Crippen LogP contribution >= 0.6 is 43.5 Å². The molecular formula is C14H8Br2ClFO. The lowest BCUT2D eigenvalue weighted by Gasteiger charge is -2.06. The van der Waals surface area contributed by atoms with Crippen molar-refractivity contribution in [2.24, 2.45) is 0 Å². The number of hydrogen-bond donors (Lipinski definition) is 0. The minimum absolute atomic E-state index is 0.00971. The summed E-state index contributed by atoms with van der Waals surface area (Å²) in [6.07, 6.45) is -0.00971. The highest BCUT2D eigenvalue weighted by Crippen LogP contribution is 2.24. The molecule has 0 bridgehead atoms. The molecule has 5 heteroatoms. The lowest BCUT2D eigenvalue weighted by Crippen LogP contribution is -2.06. The van der Waals surface area contributed by atoms with E-state index in [1.165, 1.54) is 6.07 Å². The van der Waals surface area contributed by atoms with Gasteiger partial charge >= 0.3 is 0 Å². The number of hydrogen-bond acceptors (Lipinski definition) is 1. The van der Waals surface area contributed by atoms with Crippen LogP contribution in [0.5, 0.6) is 0 Å². The smallest absolute Gasteiger partial charge is 0.168 e. The van der Waals surface area contributed by atoms with Gasteiger partial charge in [-0.25, -0.2) is 4.39 Å². The fourth-order valence-electron chi connectivity index (χ4n) is 1.66. The molecule has 0 aromatic heterocycles. The number of carbonyl (C=O) groups excluding carboxylic acids is 1. The van der Waals surface area contributed by atoms with Crippen LogP contribution in [0, 0.1) is 5.82 Å². The van der Waals surface area contributed by atoms with Crippen LogP contribution in [0.1, 0.15) is 15.9 Å². The predicted molar refractivity (Wildman–Crippen MR) is 81.3 cm³/mol. The lowest BCUT2D eigenvalue weighted by molar-refractivity contribution is 0.0991. The molecule has 0 aliphatic rings. The largest absolute Gasteiger partial charge is 0.294 e. The Morgan fingerprint density at radius 1 is 1.16 bits per heavy atom. The maximum Gasteiger partial charge on any atom is 0.168 e. The molecule has 0 spiro atoms. The Bertz CT molecular complexity index is 643. The van der Waals surface area contributed by atoms with Crippen LogP contribution < -0.4 is 0 Å². The van der Waals surface area contributed by atoms with Gasteiger partial charge in [-0.2, -0.15) is 0 Å². The molecule has 2 aromatic carbocycles. The second-order valence-electron chi connectivity index (χ2n) is 3.96. The first-order valence-corrected chi connectivity index (χ1v) is 7.36. The topological polar surface area (TPSA) is 17.1 Å². The van der Waals surface area contributed by atoms with E-state index < -0.39 is 5.82 Å². The Balaban J connectivity index is 2.30. The highest BCUT2D eigenvalue weighted by atomic mass is 79.9. The van der Waals surface area contributed by atoms with Gasteiger partial charge in [0, 0.05) is 26.0 Å². The number of ketones is 1. The average Bonchev–Trinajstić information content (AvgIpc) is 2.36. The summed E-state index contributed by atoms with van der Waals surface area (Å²) in [6.45, 7) is 0. The predicted octanol–water partition coefficient (Wildman–Crippen LogP) is 5.43. The molecular weight excluding hydrogens is 398 g/mol. The summed E-state index contributed by atoms with van der Waals surface area (Å²) in [4.78, 5) is 12.2. The molecule has 0 aliphatic heterocycles. The standard InChI is InChI=1S/C14H8Br2ClFO/c15-9-1-4-13(18)8(5-9)6-14(19)11-7-10(17)2-3-12(11)16/h1-5,7H,6H2. The van der Waals surface area contributed by atoms with Crippen molar-refractivity contribution in [1.29, 1.82) is 0 Å². The number of Topliss-reactive ketones (excluding diaryl/α,β-unsaturated/α-hetero) is 1. The molecule has 98 valence electrons. The van der Waals surface area contributed by atoms with Crippen molar-refractivity contribution in [3.05, 3.63) is 67.3 Å². The summed E-state index contributed by atoms with van der Waals surface area (Å²) in [5, 5.41) is 0.473. The van der Waals surface area contributed by atoms with Crippen molar-refractivity contribution in [2.45, 2.75) is 6.42 Å². The molecule has 1 nitrogen and oxygen atoms in total. The van der Waals surface area contributed by atoms with Gasteiger partial charge in [0.05, 0.1) is 0 Å². The van der Waals surface area contributed by atoms with Gasteiger partial charge < -0.3 is 0 Å². The Hall–Kier alpha value is -0.710. The van der Waals surface area contributed by atoms with E-state index in [0.29, 0.717) is 20.6 Å². The molecule has 0 atom stereocenters. The van der Waals surface area contributed by atoms with E-state index in [1.807, 2.05) is 0 Å². The molecule has 0 amide bonds. The maximum atomic E-state index is 13.6. The van der Waals surface area contributed by atoms with E-state index >= 15 is 0 Å². The van der Waals surface area contributed by atoms with E-state index in [0.717, 1.165) is 4.47 Å². The number of carbonyl (C=O) groups is 1. The van der Waals surface area contributed by atoms with Crippen molar-refractivity contribution >= 4 is 49.2 Å². The first kappa shape index (κ1) is 14.7. The summed E-state index contributed by atoms with van der Waals surface area (Å²) >= 11 is 12.4. The Labute approximate surface area is 132 Å². The summed E-state index contributed by atoms with van der Waals surface area (Å²) in [5.41, 5.74) is 0.804. The molecule has 2 aromatic rings. The van der Waals surface area contributed by atoms with Gasteiger partial charge in [0.15, 0.2) is 5.78 Å². The second kappa shape index (κ2) is 6.16. The third-order valence-corrected chi connectivity index (χ3v) is 4.01. The Kier molecular flexibility index (Phi) is 4.76. The van der Waals surface area contributed by atoms with Crippen molar-refractivity contribution in [1.82, 2.24) is 0 Å². The quantitative estimate of drug-likeness (QED) is 0.621. The summed E-state index contributed by atoms with van der Waals surface area (Å²) in [6, 6.07) is 9.49. The highest BCUT2D eigenvalue weighted by molar-refractivity contribution is 9.10. The minimum Gasteiger partial charge on any atom is -0.294 e.